The maximum atomic E-state index is 13.1. The number of carboxylic acid groups (broad SMARTS) is 1. The molecule has 168 valence electrons. The second kappa shape index (κ2) is 7.88. The molecule has 0 spiro atoms. The van der Waals surface area contributed by atoms with E-state index in [0.29, 0.717) is 0 Å². The van der Waals surface area contributed by atoms with Gasteiger partial charge in [0, 0.05) is 0 Å². The van der Waals surface area contributed by atoms with E-state index in [1.54, 1.807) is 0 Å². The zero-order chi connectivity index (χ0) is 23.2. The van der Waals surface area contributed by atoms with Crippen LogP contribution in [0.3, 0.4) is 0 Å². The number of aliphatic carboxylic acids is 1. The lowest BCUT2D eigenvalue weighted by Gasteiger charge is -2.41. The van der Waals surface area contributed by atoms with Crippen LogP contribution in [0.2, 0.25) is 0 Å². The Bertz CT molecular complexity index is 651. The minimum atomic E-state index is -5.90. The van der Waals surface area contributed by atoms with Crippen molar-refractivity contribution in [1.29, 1.82) is 0 Å². The van der Waals surface area contributed by atoms with Crippen molar-refractivity contribution in [1.82, 2.24) is 0 Å². The number of carboxylic acids is 1. The quantitative estimate of drug-likeness (QED) is 0.400. The molecule has 14 heteroatoms. The highest BCUT2D eigenvalue weighted by atomic mass is 31.3. The average molecular weight is 468 g/mol. The topological polar surface area (TPSA) is 177 Å². The molecular formula is C14H31O11P3. The molecule has 0 aliphatic heterocycles. The van der Waals surface area contributed by atoms with Crippen LogP contribution >= 0.6 is 22.8 Å². The summed E-state index contributed by atoms with van der Waals surface area (Å²) in [5, 5.41) is 9.78. The van der Waals surface area contributed by atoms with Crippen molar-refractivity contribution in [2.24, 2.45) is 0 Å². The molecule has 4 N–H and O–H groups in total. The van der Waals surface area contributed by atoms with Gasteiger partial charge in [0.2, 0.25) is 0 Å². The smallest absolute Gasteiger partial charge is 0.371 e. The molecule has 0 amide bonds. The van der Waals surface area contributed by atoms with E-state index >= 15 is 0 Å². The van der Waals surface area contributed by atoms with Crippen molar-refractivity contribution in [2.75, 3.05) is 0 Å². The molecule has 0 aromatic carbocycles. The van der Waals surface area contributed by atoms with E-state index < -0.39 is 50.2 Å². The summed E-state index contributed by atoms with van der Waals surface area (Å²) in [4.78, 5) is 43.8. The summed E-state index contributed by atoms with van der Waals surface area (Å²) in [6.45, 7) is 11.3. The monoisotopic (exact) mass is 468 g/mol. The van der Waals surface area contributed by atoms with Crippen molar-refractivity contribution < 1.29 is 51.8 Å². The van der Waals surface area contributed by atoms with E-state index in [0.717, 1.165) is 0 Å². The summed E-state index contributed by atoms with van der Waals surface area (Å²) in [7, 11) is -17.7. The van der Waals surface area contributed by atoms with Crippen molar-refractivity contribution >= 4 is 28.8 Å². The number of hydrogen-bond donors (Lipinski definition) is 4. The molecule has 0 rings (SSSR count). The second-order valence-electron chi connectivity index (χ2n) is 9.11. The van der Waals surface area contributed by atoms with Gasteiger partial charge in [-0.25, -0.2) is 4.79 Å². The van der Waals surface area contributed by atoms with Crippen LogP contribution < -0.4 is 0 Å². The van der Waals surface area contributed by atoms with E-state index in [2.05, 4.69) is 0 Å². The van der Waals surface area contributed by atoms with E-state index in [1.165, 1.54) is 62.3 Å². The van der Waals surface area contributed by atoms with Crippen molar-refractivity contribution in [3.63, 3.8) is 0 Å². The van der Waals surface area contributed by atoms with Crippen molar-refractivity contribution in [2.45, 2.75) is 83.8 Å². The Labute approximate surface area is 165 Å². The van der Waals surface area contributed by atoms with Crippen LogP contribution in [0.15, 0.2) is 0 Å². The Hall–Kier alpha value is -0.0800. The number of hydrogen-bond acceptors (Lipinski definition) is 7. The molecule has 3 unspecified atom stereocenters. The third-order valence-corrected chi connectivity index (χ3v) is 12.5. The molecular weight excluding hydrogens is 437 g/mol. The van der Waals surface area contributed by atoms with Crippen LogP contribution in [0.1, 0.15) is 62.3 Å². The summed E-state index contributed by atoms with van der Waals surface area (Å²) >= 11 is 0. The van der Waals surface area contributed by atoms with Crippen LogP contribution in [-0.4, -0.2) is 47.2 Å². The van der Waals surface area contributed by atoms with Gasteiger partial charge < -0.3 is 33.4 Å². The highest BCUT2D eigenvalue weighted by Crippen LogP contribution is 2.88. The Morgan fingerprint density at radius 1 is 0.607 bits per heavy atom. The predicted octanol–water partition coefficient (Wildman–Crippen LogP) is 3.73. The Kier molecular flexibility index (Phi) is 7.85. The SMILES string of the molecule is CC(C)(C)OP(=O)(O)C(C(=O)O)(P(=O)(O)OC(C)(C)C)P(=O)(O)OC(C)(C)C. The first-order chi connectivity index (χ1) is 11.8. The fraction of sp³-hybridized carbons (Fsp3) is 0.929. The Balaban J connectivity index is 7.26. The van der Waals surface area contributed by atoms with Gasteiger partial charge in [-0.1, -0.05) is 0 Å². The molecule has 0 aliphatic rings. The van der Waals surface area contributed by atoms with E-state index in [1.807, 2.05) is 0 Å². The third-order valence-electron chi connectivity index (χ3n) is 2.66. The molecule has 11 nitrogen and oxygen atoms in total. The first kappa shape index (κ1) is 27.9. The maximum absolute atomic E-state index is 13.1. The van der Waals surface area contributed by atoms with Crippen molar-refractivity contribution in [3.05, 3.63) is 0 Å². The van der Waals surface area contributed by atoms with E-state index in [4.69, 9.17) is 13.6 Å². The van der Waals surface area contributed by atoms with Crippen molar-refractivity contribution in [3.8, 4) is 0 Å². The van der Waals surface area contributed by atoms with Gasteiger partial charge in [-0.2, -0.15) is 0 Å². The van der Waals surface area contributed by atoms with Gasteiger partial charge in [0.05, 0.1) is 16.8 Å². The van der Waals surface area contributed by atoms with Crippen LogP contribution in [0.5, 0.6) is 0 Å². The van der Waals surface area contributed by atoms with E-state index in [9.17, 15) is 38.3 Å². The van der Waals surface area contributed by atoms with Crippen LogP contribution in [0.25, 0.3) is 0 Å². The van der Waals surface area contributed by atoms with Gasteiger partial charge >= 0.3 is 33.4 Å². The molecule has 0 saturated heterocycles. The molecule has 0 aliphatic carbocycles. The molecule has 28 heavy (non-hydrogen) atoms. The fourth-order valence-corrected chi connectivity index (χ4v) is 10.0. The van der Waals surface area contributed by atoms with Gasteiger partial charge in [0.25, 0.3) is 0 Å². The molecule has 0 aromatic rings. The second-order valence-corrected chi connectivity index (χ2v) is 15.9. The molecule has 3 atom stereocenters. The first-order valence-electron chi connectivity index (χ1n) is 8.16. The molecule has 0 saturated carbocycles. The minimum Gasteiger partial charge on any atom is -0.479 e. The standard InChI is InChI=1S/C14H31O11P3/c1-11(2,3)23-26(17,18)14(10(15)16,27(19,20)24-12(4,5)6)28(21,22)25-13(7,8)9/h1-9H3,(H,15,16)(H,17,18)(H,19,20)(H,21,22). The third kappa shape index (κ3) is 6.21. The summed E-state index contributed by atoms with van der Waals surface area (Å²) < 4.78 is 49.6. The van der Waals surface area contributed by atoms with Gasteiger partial charge in [-0.05, 0) is 62.3 Å². The van der Waals surface area contributed by atoms with E-state index in [-0.39, 0.29) is 0 Å². The maximum Gasteiger partial charge on any atom is 0.371 e. The van der Waals surface area contributed by atoms with Gasteiger partial charge in [0.15, 0.2) is 0 Å². The lowest BCUT2D eigenvalue weighted by Crippen LogP contribution is -2.44. The summed E-state index contributed by atoms with van der Waals surface area (Å²) in [5.74, 6) is -2.55. The molecule has 0 radical (unpaired) electrons. The number of carbonyl (C=O) groups is 1. The molecule has 0 heterocycles. The van der Waals surface area contributed by atoms with Crippen LogP contribution in [0.4, 0.5) is 0 Å². The first-order valence-corrected chi connectivity index (χ1v) is 12.9. The normalized spacial score (nSPS) is 22.4. The highest BCUT2D eigenvalue weighted by molar-refractivity contribution is 7.91. The highest BCUT2D eigenvalue weighted by Gasteiger charge is 2.81. The Morgan fingerprint density at radius 2 is 0.786 bits per heavy atom. The zero-order valence-corrected chi connectivity index (χ0v) is 20.2. The molecule has 0 aromatic heterocycles. The molecule has 0 bridgehead atoms. The minimum absolute atomic E-state index is 1.25. The van der Waals surface area contributed by atoms with Crippen LogP contribution in [-0.2, 0) is 32.1 Å². The van der Waals surface area contributed by atoms with Gasteiger partial charge in [-0.15, -0.1) is 0 Å². The fourth-order valence-electron chi connectivity index (χ4n) is 2.15. The molecule has 0 fully saturated rings. The summed E-state index contributed by atoms with van der Waals surface area (Å²) in [5.41, 5.74) is -4.60. The van der Waals surface area contributed by atoms with Gasteiger partial charge in [-0.3, -0.25) is 13.7 Å². The largest absolute Gasteiger partial charge is 0.479 e. The van der Waals surface area contributed by atoms with Crippen LogP contribution in [0, 0.1) is 0 Å². The lowest BCUT2D eigenvalue weighted by atomic mass is 10.2. The van der Waals surface area contributed by atoms with Gasteiger partial charge in [0.1, 0.15) is 0 Å². The Morgan fingerprint density at radius 3 is 0.893 bits per heavy atom. The number of rotatable bonds is 7. The average Bonchev–Trinajstić information content (AvgIpc) is 2.13. The lowest BCUT2D eigenvalue weighted by molar-refractivity contribution is -0.137. The predicted molar refractivity (Wildman–Crippen MR) is 102 cm³/mol. The summed E-state index contributed by atoms with van der Waals surface area (Å²) in [6, 6.07) is 0. The summed E-state index contributed by atoms with van der Waals surface area (Å²) in [6.07, 6.45) is 0. The zero-order valence-electron chi connectivity index (χ0n) is 17.5.